The van der Waals surface area contributed by atoms with E-state index in [-0.39, 0.29) is 25.2 Å². The highest BCUT2D eigenvalue weighted by Crippen LogP contribution is 2.16. The van der Waals surface area contributed by atoms with Gasteiger partial charge in [-0.1, -0.05) is 6.92 Å². The molecule has 2 heterocycles. The summed E-state index contributed by atoms with van der Waals surface area (Å²) in [7, 11) is 0. The predicted molar refractivity (Wildman–Crippen MR) is 85.1 cm³/mol. The number of carboxylic acid groups (broad SMARTS) is 1. The van der Waals surface area contributed by atoms with Crippen molar-refractivity contribution in [2.75, 3.05) is 19.7 Å². The molecule has 3 N–H and O–H groups in total. The van der Waals surface area contributed by atoms with E-state index in [9.17, 15) is 9.90 Å². The minimum Gasteiger partial charge on any atom is -0.483 e. The van der Waals surface area contributed by atoms with Gasteiger partial charge in [-0.25, -0.2) is 9.78 Å². The number of carbonyl (C=O) groups is 2. The Morgan fingerprint density at radius 2 is 2.26 bits per heavy atom. The van der Waals surface area contributed by atoms with Gasteiger partial charge in [0.05, 0.1) is 12.6 Å². The molecule has 8 heteroatoms. The molecule has 130 valence electrons. The monoisotopic (exact) mass is 326 g/mol. The maximum absolute atomic E-state index is 12.1. The number of rotatable bonds is 5. The van der Waals surface area contributed by atoms with Gasteiger partial charge in [-0.3, -0.25) is 4.79 Å². The van der Waals surface area contributed by atoms with Crippen molar-refractivity contribution in [1.29, 1.82) is 0 Å². The molecule has 2 rings (SSSR count). The van der Waals surface area contributed by atoms with Gasteiger partial charge < -0.3 is 25.0 Å². The lowest BCUT2D eigenvalue weighted by Gasteiger charge is -2.34. The number of likely N-dealkylation sites (tertiary alicyclic amines) is 1. The molecule has 2 amide bonds. The van der Waals surface area contributed by atoms with E-state index >= 15 is 0 Å². The molecule has 0 aromatic carbocycles. The lowest BCUT2D eigenvalue weighted by Crippen LogP contribution is -2.50. The number of carbonyl (C=O) groups excluding carboxylic acids is 1. The standard InChI is InChI=1S/C14H24N4O2.CH2O2/c1-2-13-15-6-9-17(13)10-7-16-14(20)18-8-4-3-5-12(18)11-19;2-1-3/h6,9,12,19H,2-5,7-8,10-11H2,1H3,(H,16,20);1H,(H,2,3). The number of nitrogens with zero attached hydrogens (tertiary/aromatic N) is 3. The first kappa shape index (κ1) is 19.0. The third kappa shape index (κ3) is 5.90. The van der Waals surface area contributed by atoms with Crippen LogP contribution in [0.4, 0.5) is 4.79 Å². The summed E-state index contributed by atoms with van der Waals surface area (Å²) in [4.78, 5) is 26.5. The summed E-state index contributed by atoms with van der Waals surface area (Å²) in [5.41, 5.74) is 0. The maximum Gasteiger partial charge on any atom is 0.317 e. The van der Waals surface area contributed by atoms with Crippen LogP contribution in [0.5, 0.6) is 0 Å². The second-order valence-electron chi connectivity index (χ2n) is 5.25. The van der Waals surface area contributed by atoms with Gasteiger partial charge in [0.25, 0.3) is 6.47 Å². The van der Waals surface area contributed by atoms with Crippen LogP contribution < -0.4 is 5.32 Å². The number of aryl methyl sites for hydroxylation is 1. The van der Waals surface area contributed by atoms with Crippen LogP contribution in [0.3, 0.4) is 0 Å². The number of amides is 2. The third-order valence-corrected chi connectivity index (χ3v) is 3.85. The molecular weight excluding hydrogens is 300 g/mol. The van der Waals surface area contributed by atoms with Gasteiger partial charge in [0.1, 0.15) is 5.82 Å². The summed E-state index contributed by atoms with van der Waals surface area (Å²) < 4.78 is 2.06. The van der Waals surface area contributed by atoms with Crippen LogP contribution in [0.2, 0.25) is 0 Å². The first-order valence-corrected chi connectivity index (χ1v) is 7.91. The Hall–Kier alpha value is -2.09. The third-order valence-electron chi connectivity index (χ3n) is 3.85. The first-order valence-electron chi connectivity index (χ1n) is 7.91. The van der Waals surface area contributed by atoms with Crippen LogP contribution in [0.15, 0.2) is 12.4 Å². The Labute approximate surface area is 136 Å². The van der Waals surface area contributed by atoms with E-state index < -0.39 is 0 Å². The van der Waals surface area contributed by atoms with Gasteiger partial charge >= 0.3 is 6.03 Å². The minimum atomic E-state index is -0.250. The highest BCUT2D eigenvalue weighted by atomic mass is 16.3. The summed E-state index contributed by atoms with van der Waals surface area (Å²) in [5, 5.41) is 19.1. The quantitative estimate of drug-likeness (QED) is 0.691. The SMILES string of the molecule is CCc1nccn1CCNC(=O)N1CCCCC1CO.O=CO. The number of nitrogens with one attached hydrogen (secondary N) is 1. The number of hydrogen-bond donors (Lipinski definition) is 3. The van der Waals surface area contributed by atoms with Crippen molar-refractivity contribution in [2.24, 2.45) is 0 Å². The van der Waals surface area contributed by atoms with Crippen LogP contribution in [0, 0.1) is 0 Å². The number of aliphatic hydroxyl groups excluding tert-OH is 1. The summed E-state index contributed by atoms with van der Waals surface area (Å²) in [6.45, 7) is 3.91. The fraction of sp³-hybridized carbons (Fsp3) is 0.667. The lowest BCUT2D eigenvalue weighted by molar-refractivity contribution is -0.122. The number of urea groups is 1. The molecule has 1 aromatic rings. The van der Waals surface area contributed by atoms with Crippen LogP contribution in [0.25, 0.3) is 0 Å². The van der Waals surface area contributed by atoms with Crippen molar-refractivity contribution in [3.05, 3.63) is 18.2 Å². The van der Waals surface area contributed by atoms with Gasteiger partial charge in [-0.05, 0) is 19.3 Å². The zero-order valence-electron chi connectivity index (χ0n) is 13.5. The highest BCUT2D eigenvalue weighted by Gasteiger charge is 2.25. The summed E-state index contributed by atoms with van der Waals surface area (Å²) >= 11 is 0. The molecule has 1 atom stereocenters. The Kier molecular flexibility index (Phi) is 8.74. The van der Waals surface area contributed by atoms with Crippen molar-refractivity contribution in [2.45, 2.75) is 45.2 Å². The fourth-order valence-corrected chi connectivity index (χ4v) is 2.70. The largest absolute Gasteiger partial charge is 0.483 e. The second-order valence-corrected chi connectivity index (χ2v) is 5.25. The molecule has 0 saturated carbocycles. The van der Waals surface area contributed by atoms with E-state index in [1.165, 1.54) is 0 Å². The van der Waals surface area contributed by atoms with E-state index in [0.29, 0.717) is 6.54 Å². The Bertz CT molecular complexity index is 478. The van der Waals surface area contributed by atoms with E-state index in [0.717, 1.165) is 44.6 Å². The summed E-state index contributed by atoms with van der Waals surface area (Å²) in [6.07, 6.45) is 7.61. The Morgan fingerprint density at radius 3 is 2.91 bits per heavy atom. The Balaban J connectivity index is 0.000000816. The maximum atomic E-state index is 12.1. The summed E-state index contributed by atoms with van der Waals surface area (Å²) in [5.74, 6) is 1.03. The number of piperidine rings is 1. The average Bonchev–Trinajstić information content (AvgIpc) is 3.03. The minimum absolute atomic E-state index is 0.0248. The van der Waals surface area contributed by atoms with Crippen molar-refractivity contribution in [3.8, 4) is 0 Å². The molecule has 0 spiro atoms. The van der Waals surface area contributed by atoms with E-state index in [1.54, 1.807) is 11.1 Å². The topological polar surface area (TPSA) is 108 Å². The lowest BCUT2D eigenvalue weighted by atomic mass is 10.0. The molecule has 23 heavy (non-hydrogen) atoms. The van der Waals surface area contributed by atoms with Crippen LogP contribution >= 0.6 is 0 Å². The normalized spacial score (nSPS) is 17.1. The molecule has 0 aliphatic carbocycles. The molecule has 1 saturated heterocycles. The number of aromatic nitrogens is 2. The van der Waals surface area contributed by atoms with Gasteiger partial charge in [-0.2, -0.15) is 0 Å². The van der Waals surface area contributed by atoms with Gasteiger partial charge in [0.2, 0.25) is 0 Å². The predicted octanol–water partition coefficient (Wildman–Crippen LogP) is 0.703. The Morgan fingerprint density at radius 1 is 1.52 bits per heavy atom. The smallest absolute Gasteiger partial charge is 0.317 e. The van der Waals surface area contributed by atoms with Gasteiger partial charge in [0, 0.05) is 38.4 Å². The number of aliphatic hydroxyl groups is 1. The molecule has 1 aromatic heterocycles. The number of imidazole rings is 1. The molecular formula is C15H26N4O4. The van der Waals surface area contributed by atoms with Gasteiger partial charge in [0.15, 0.2) is 0 Å². The number of hydrogen-bond acceptors (Lipinski definition) is 4. The van der Waals surface area contributed by atoms with Crippen molar-refractivity contribution < 1.29 is 19.8 Å². The fourth-order valence-electron chi connectivity index (χ4n) is 2.70. The van der Waals surface area contributed by atoms with Crippen LogP contribution in [0.1, 0.15) is 32.0 Å². The summed E-state index contributed by atoms with van der Waals surface area (Å²) in [6, 6.07) is -0.0925. The van der Waals surface area contributed by atoms with Crippen molar-refractivity contribution in [3.63, 3.8) is 0 Å². The molecule has 1 fully saturated rings. The molecule has 1 unspecified atom stereocenters. The zero-order chi connectivity index (χ0) is 17.1. The molecule has 0 bridgehead atoms. The molecule has 1 aliphatic heterocycles. The van der Waals surface area contributed by atoms with E-state index in [1.807, 2.05) is 6.20 Å². The highest BCUT2D eigenvalue weighted by molar-refractivity contribution is 5.74. The van der Waals surface area contributed by atoms with E-state index in [4.69, 9.17) is 9.90 Å². The second kappa shape index (κ2) is 10.6. The van der Waals surface area contributed by atoms with Crippen molar-refractivity contribution in [1.82, 2.24) is 19.8 Å². The molecule has 1 aliphatic rings. The molecule has 0 radical (unpaired) electrons. The van der Waals surface area contributed by atoms with Gasteiger partial charge in [-0.15, -0.1) is 0 Å². The van der Waals surface area contributed by atoms with Crippen molar-refractivity contribution >= 4 is 12.5 Å². The van der Waals surface area contributed by atoms with E-state index in [2.05, 4.69) is 21.8 Å². The van der Waals surface area contributed by atoms with Crippen LogP contribution in [-0.2, 0) is 17.8 Å². The zero-order valence-corrected chi connectivity index (χ0v) is 13.5. The molecule has 8 nitrogen and oxygen atoms in total. The first-order chi connectivity index (χ1) is 11.2. The van der Waals surface area contributed by atoms with Crippen LogP contribution in [-0.4, -0.2) is 62.9 Å². The average molecular weight is 326 g/mol.